The molecule has 0 aliphatic carbocycles. The van der Waals surface area contributed by atoms with Gasteiger partial charge in [0.25, 0.3) is 5.91 Å². The molecule has 0 bridgehead atoms. The van der Waals surface area contributed by atoms with Gasteiger partial charge in [0.05, 0.1) is 5.56 Å². The molecule has 0 aliphatic heterocycles. The molecule has 0 saturated carbocycles. The van der Waals surface area contributed by atoms with Crippen molar-refractivity contribution in [1.82, 2.24) is 5.32 Å². The van der Waals surface area contributed by atoms with Gasteiger partial charge in [-0.25, -0.2) is 4.79 Å². The predicted molar refractivity (Wildman–Crippen MR) is 98.8 cm³/mol. The highest BCUT2D eigenvalue weighted by atomic mass is 127. The van der Waals surface area contributed by atoms with Crippen LogP contribution in [-0.4, -0.2) is 28.1 Å². The molecule has 2 aromatic carbocycles. The van der Waals surface area contributed by atoms with Gasteiger partial charge < -0.3 is 15.5 Å². The molecule has 5 nitrogen and oxygen atoms in total. The smallest absolute Gasteiger partial charge is 0.416 e. The topological polar surface area (TPSA) is 86.6 Å². The molecule has 3 N–H and O–H groups in total. The van der Waals surface area contributed by atoms with Crippen molar-refractivity contribution in [3.63, 3.8) is 0 Å². The van der Waals surface area contributed by atoms with Crippen LogP contribution < -0.4 is 5.32 Å². The molecule has 0 spiro atoms. The van der Waals surface area contributed by atoms with Crippen molar-refractivity contribution in [3.8, 4) is 0 Å². The second-order valence-electron chi connectivity index (χ2n) is 5.75. The number of aliphatic hydroxyl groups excluding tert-OH is 1. The van der Waals surface area contributed by atoms with E-state index in [2.05, 4.69) is 27.9 Å². The normalized spacial score (nSPS) is 13.7. The van der Waals surface area contributed by atoms with Crippen molar-refractivity contribution in [2.24, 2.45) is 0 Å². The van der Waals surface area contributed by atoms with E-state index in [9.17, 15) is 33.0 Å². The minimum absolute atomic E-state index is 0.00226. The van der Waals surface area contributed by atoms with Crippen LogP contribution in [0.4, 0.5) is 13.2 Å². The van der Waals surface area contributed by atoms with Gasteiger partial charge in [-0.15, -0.1) is 0 Å². The fourth-order valence-corrected chi connectivity index (χ4v) is 2.67. The molecule has 0 heterocycles. The Bertz CT molecular complexity index is 807. The fourth-order valence-electron chi connectivity index (χ4n) is 2.31. The van der Waals surface area contributed by atoms with Crippen molar-refractivity contribution >= 4 is 34.5 Å². The van der Waals surface area contributed by atoms with E-state index in [-0.39, 0.29) is 12.0 Å². The molecular weight excluding hydrogens is 478 g/mol. The second kappa shape index (κ2) is 8.70. The fraction of sp³-hybridized carbons (Fsp3) is 0.222. The maximum absolute atomic E-state index is 12.6. The summed E-state index contributed by atoms with van der Waals surface area (Å²) < 4.78 is 38.7. The Kier molecular flexibility index (Phi) is 6.82. The summed E-state index contributed by atoms with van der Waals surface area (Å²) in [6, 6.07) is 9.15. The molecule has 0 saturated heterocycles. The Morgan fingerprint density at radius 1 is 1.04 bits per heavy atom. The number of hydrogen-bond acceptors (Lipinski definition) is 3. The molecular formula is C18H15F3INO4. The van der Waals surface area contributed by atoms with Gasteiger partial charge >= 0.3 is 12.1 Å². The number of carbonyl (C=O) groups excluding carboxylic acids is 1. The van der Waals surface area contributed by atoms with Crippen LogP contribution in [0.2, 0.25) is 0 Å². The second-order valence-corrected chi connectivity index (χ2v) is 7.00. The highest BCUT2D eigenvalue weighted by Crippen LogP contribution is 2.30. The predicted octanol–water partition coefficient (Wildman–Crippen LogP) is 3.16. The summed E-state index contributed by atoms with van der Waals surface area (Å²) in [6.07, 6.45) is -6.32. The number of carbonyl (C=O) groups is 2. The Morgan fingerprint density at radius 2 is 1.59 bits per heavy atom. The molecule has 0 unspecified atom stereocenters. The minimum Gasteiger partial charge on any atom is -0.480 e. The van der Waals surface area contributed by atoms with E-state index >= 15 is 0 Å². The van der Waals surface area contributed by atoms with Gasteiger partial charge in [0.2, 0.25) is 0 Å². The van der Waals surface area contributed by atoms with Gasteiger partial charge in [-0.3, -0.25) is 4.79 Å². The molecule has 0 aromatic heterocycles. The Morgan fingerprint density at radius 3 is 2.07 bits per heavy atom. The summed E-state index contributed by atoms with van der Waals surface area (Å²) >= 11 is 2.10. The van der Waals surface area contributed by atoms with Crippen LogP contribution >= 0.6 is 22.6 Å². The van der Waals surface area contributed by atoms with Gasteiger partial charge in [0.15, 0.2) is 6.10 Å². The average molecular weight is 493 g/mol. The Balaban J connectivity index is 2.07. The van der Waals surface area contributed by atoms with E-state index < -0.39 is 35.8 Å². The van der Waals surface area contributed by atoms with E-state index in [1.54, 1.807) is 24.3 Å². The van der Waals surface area contributed by atoms with Crippen LogP contribution in [0.15, 0.2) is 48.5 Å². The summed E-state index contributed by atoms with van der Waals surface area (Å²) in [5, 5.41) is 21.5. The van der Waals surface area contributed by atoms with Gasteiger partial charge in [0, 0.05) is 9.99 Å². The number of rotatable bonds is 6. The summed E-state index contributed by atoms with van der Waals surface area (Å²) in [7, 11) is 0. The minimum atomic E-state index is -4.53. The largest absolute Gasteiger partial charge is 0.480 e. The van der Waals surface area contributed by atoms with Crippen LogP contribution in [0.3, 0.4) is 0 Å². The lowest BCUT2D eigenvalue weighted by Crippen LogP contribution is -2.44. The standard InChI is InChI=1S/C18H15F3INO4/c19-18(20,21)12-5-3-11(4-6-12)15(24)16(25)23-14(17(26)27)9-10-1-7-13(22)8-2-10/h1-8,14-15,24H,9H2,(H,23,25)(H,26,27)/t14-,15-/m1/s1. The zero-order valence-corrected chi connectivity index (χ0v) is 15.9. The van der Waals surface area contributed by atoms with Crippen molar-refractivity contribution in [3.05, 3.63) is 68.8 Å². The number of benzene rings is 2. The van der Waals surface area contributed by atoms with Crippen molar-refractivity contribution < 1.29 is 33.0 Å². The van der Waals surface area contributed by atoms with Crippen LogP contribution in [-0.2, 0) is 22.2 Å². The van der Waals surface area contributed by atoms with Crippen molar-refractivity contribution in [1.29, 1.82) is 0 Å². The molecule has 2 aromatic rings. The molecule has 27 heavy (non-hydrogen) atoms. The van der Waals surface area contributed by atoms with Crippen molar-refractivity contribution in [2.75, 3.05) is 0 Å². The van der Waals surface area contributed by atoms with Gasteiger partial charge in [-0.2, -0.15) is 13.2 Å². The Hall–Kier alpha value is -2.14. The monoisotopic (exact) mass is 493 g/mol. The number of carboxylic acids is 1. The molecule has 1 amide bonds. The molecule has 0 radical (unpaired) electrons. The molecule has 2 atom stereocenters. The number of aliphatic carboxylic acids is 1. The first kappa shape index (κ1) is 21.2. The summed E-state index contributed by atoms with van der Waals surface area (Å²) in [5.41, 5.74) is -0.313. The molecule has 0 aliphatic rings. The van der Waals surface area contributed by atoms with E-state index in [4.69, 9.17) is 0 Å². The average Bonchev–Trinajstić information content (AvgIpc) is 2.61. The third-order valence-corrected chi connectivity index (χ3v) is 4.49. The van der Waals surface area contributed by atoms with Crippen LogP contribution in [0.1, 0.15) is 22.8 Å². The lowest BCUT2D eigenvalue weighted by molar-refractivity contribution is -0.143. The van der Waals surface area contributed by atoms with E-state index in [0.29, 0.717) is 5.56 Å². The van der Waals surface area contributed by atoms with Crippen LogP contribution in [0.5, 0.6) is 0 Å². The first-order valence-electron chi connectivity index (χ1n) is 7.71. The van der Waals surface area contributed by atoms with E-state index in [1.807, 2.05) is 0 Å². The van der Waals surface area contributed by atoms with E-state index in [1.165, 1.54) is 0 Å². The first-order chi connectivity index (χ1) is 12.6. The summed E-state index contributed by atoms with van der Waals surface area (Å²) in [6.45, 7) is 0. The van der Waals surface area contributed by atoms with Gasteiger partial charge in [0.1, 0.15) is 6.04 Å². The van der Waals surface area contributed by atoms with Crippen LogP contribution in [0.25, 0.3) is 0 Å². The SMILES string of the molecule is O=C(O)[C@@H](Cc1ccc(I)cc1)NC(=O)[C@H](O)c1ccc(C(F)(F)F)cc1. The van der Waals surface area contributed by atoms with Crippen LogP contribution in [0, 0.1) is 3.57 Å². The maximum Gasteiger partial charge on any atom is 0.416 e. The number of carboxylic acid groups (broad SMARTS) is 1. The molecule has 9 heteroatoms. The zero-order valence-electron chi connectivity index (χ0n) is 13.7. The third kappa shape index (κ3) is 5.93. The van der Waals surface area contributed by atoms with E-state index in [0.717, 1.165) is 27.8 Å². The molecule has 2 rings (SSSR count). The molecule has 144 valence electrons. The lowest BCUT2D eigenvalue weighted by atomic mass is 10.0. The number of alkyl halides is 3. The van der Waals surface area contributed by atoms with Crippen molar-refractivity contribution in [2.45, 2.75) is 24.7 Å². The highest BCUT2D eigenvalue weighted by Gasteiger charge is 2.31. The lowest BCUT2D eigenvalue weighted by Gasteiger charge is -2.18. The number of halogens is 4. The number of aliphatic hydroxyl groups is 1. The summed E-state index contributed by atoms with van der Waals surface area (Å²) in [5.74, 6) is -2.30. The quantitative estimate of drug-likeness (QED) is 0.540. The number of amides is 1. The highest BCUT2D eigenvalue weighted by molar-refractivity contribution is 14.1. The Labute approximate surface area is 166 Å². The number of hydrogen-bond donors (Lipinski definition) is 3. The summed E-state index contributed by atoms with van der Waals surface area (Å²) in [4.78, 5) is 23.5. The maximum atomic E-state index is 12.6. The third-order valence-electron chi connectivity index (χ3n) is 3.77. The zero-order chi connectivity index (χ0) is 20.2. The molecule has 0 fully saturated rings. The first-order valence-corrected chi connectivity index (χ1v) is 8.78. The van der Waals surface area contributed by atoms with Gasteiger partial charge in [-0.1, -0.05) is 24.3 Å². The number of nitrogens with one attached hydrogen (secondary N) is 1. The van der Waals surface area contributed by atoms with Gasteiger partial charge in [-0.05, 0) is 58.0 Å².